The number of nitrogens with one attached hydrogen (secondary N) is 1. The predicted octanol–water partition coefficient (Wildman–Crippen LogP) is 2.60. The lowest BCUT2D eigenvalue weighted by Gasteiger charge is -2.31. The highest BCUT2D eigenvalue weighted by Crippen LogP contribution is 2.37. The van der Waals surface area contributed by atoms with Crippen molar-refractivity contribution in [2.24, 2.45) is 5.92 Å². The van der Waals surface area contributed by atoms with Gasteiger partial charge in [0.25, 0.3) is 0 Å². The molecule has 1 N–H and O–H groups in total. The predicted molar refractivity (Wildman–Crippen MR) is 58.5 cm³/mol. The summed E-state index contributed by atoms with van der Waals surface area (Å²) in [6.45, 7) is 0. The largest absolute Gasteiger partial charge is 0.232 e. The van der Waals surface area contributed by atoms with Crippen LogP contribution in [0.4, 0.5) is 0 Å². The van der Waals surface area contributed by atoms with Crippen LogP contribution in [0.5, 0.6) is 0 Å². The fourth-order valence-corrected chi connectivity index (χ4v) is 3.87. The van der Waals surface area contributed by atoms with Crippen molar-refractivity contribution < 1.29 is 0 Å². The zero-order valence-electron chi connectivity index (χ0n) is 8.00. The Hall–Kier alpha value is 0.560. The number of hydrazine groups is 1. The van der Waals surface area contributed by atoms with Crippen molar-refractivity contribution in [2.45, 2.75) is 42.9 Å². The molecule has 0 bridgehead atoms. The number of nitrogens with zero attached hydrogens (tertiary/aromatic N) is 1. The topological polar surface area (TPSA) is 15.3 Å². The first kappa shape index (κ1) is 10.1. The molecule has 0 radical (unpaired) electrons. The zero-order valence-corrected chi connectivity index (χ0v) is 9.57. The average Bonchev–Trinajstić information content (AvgIpc) is 2.48. The van der Waals surface area contributed by atoms with Crippen molar-refractivity contribution in [2.75, 3.05) is 7.05 Å². The van der Waals surface area contributed by atoms with Crippen molar-refractivity contribution in [3.8, 4) is 0 Å². The van der Waals surface area contributed by atoms with Crippen LogP contribution in [0, 0.1) is 5.92 Å². The van der Waals surface area contributed by atoms with Crippen molar-refractivity contribution in [3.05, 3.63) is 0 Å². The van der Waals surface area contributed by atoms with Crippen molar-refractivity contribution >= 4 is 23.5 Å². The van der Waals surface area contributed by atoms with E-state index in [9.17, 15) is 0 Å². The van der Waals surface area contributed by atoms with Crippen LogP contribution in [-0.4, -0.2) is 22.8 Å². The fraction of sp³-hybridized carbons (Fsp3) is 1.00. The summed E-state index contributed by atoms with van der Waals surface area (Å²) in [6.07, 6.45) is 6.92. The minimum Gasteiger partial charge on any atom is -0.232 e. The Labute approximate surface area is 89.5 Å². The Morgan fingerprint density at radius 1 is 1.31 bits per heavy atom. The molecule has 76 valence electrons. The monoisotopic (exact) mass is 220 g/mol. The van der Waals surface area contributed by atoms with Gasteiger partial charge in [-0.05, 0) is 30.7 Å². The van der Waals surface area contributed by atoms with Crippen LogP contribution >= 0.6 is 23.5 Å². The molecule has 1 heterocycles. The molecule has 4 heteroatoms. The van der Waals surface area contributed by atoms with Crippen LogP contribution in [0.15, 0.2) is 0 Å². The lowest BCUT2D eigenvalue weighted by molar-refractivity contribution is 0.154. The minimum absolute atomic E-state index is 0.230. The number of hydrogen-bond acceptors (Lipinski definition) is 3. The molecule has 0 amide bonds. The first-order valence-corrected chi connectivity index (χ1v) is 6.39. The summed E-state index contributed by atoms with van der Waals surface area (Å²) < 4.78 is 0.230. The van der Waals surface area contributed by atoms with E-state index in [0.29, 0.717) is 6.04 Å². The summed E-state index contributed by atoms with van der Waals surface area (Å²) in [4.78, 5) is 3.23. The van der Waals surface area contributed by atoms with Crippen LogP contribution in [-0.2, 0) is 0 Å². The van der Waals surface area contributed by atoms with Crippen molar-refractivity contribution in [1.82, 2.24) is 9.84 Å². The quantitative estimate of drug-likeness (QED) is 0.540. The third-order valence-electron chi connectivity index (χ3n) is 3.16. The summed E-state index contributed by atoms with van der Waals surface area (Å²) in [6, 6.07) is 0.534. The van der Waals surface area contributed by atoms with Crippen LogP contribution in [0.25, 0.3) is 0 Å². The van der Waals surface area contributed by atoms with E-state index < -0.39 is 0 Å². The summed E-state index contributed by atoms with van der Waals surface area (Å²) in [5.74, 6) is 0.809. The van der Waals surface area contributed by atoms with E-state index in [2.05, 4.69) is 16.9 Å². The lowest BCUT2D eigenvalue weighted by atomic mass is 9.84. The van der Waals surface area contributed by atoms with Gasteiger partial charge in [0.1, 0.15) is 4.71 Å². The molecule has 0 aromatic carbocycles. The maximum atomic E-state index is 6.27. The van der Waals surface area contributed by atoms with E-state index in [4.69, 9.17) is 11.6 Å². The summed E-state index contributed by atoms with van der Waals surface area (Å²) in [5, 5.41) is 2.19. The van der Waals surface area contributed by atoms with Gasteiger partial charge in [0.2, 0.25) is 0 Å². The van der Waals surface area contributed by atoms with Crippen LogP contribution in [0.1, 0.15) is 32.1 Å². The average molecular weight is 221 g/mol. The molecular formula is C9H17ClN2S. The minimum atomic E-state index is 0.230. The van der Waals surface area contributed by atoms with Gasteiger partial charge in [0.15, 0.2) is 0 Å². The van der Waals surface area contributed by atoms with Gasteiger partial charge in [0.05, 0.1) is 6.04 Å². The molecule has 0 aromatic heterocycles. The van der Waals surface area contributed by atoms with E-state index in [1.165, 1.54) is 32.1 Å². The lowest BCUT2D eigenvalue weighted by Crippen LogP contribution is -2.41. The molecule has 1 saturated heterocycles. The first-order valence-electron chi connectivity index (χ1n) is 5.07. The molecule has 2 fully saturated rings. The molecule has 2 unspecified atom stereocenters. The van der Waals surface area contributed by atoms with Gasteiger partial charge in [-0.25, -0.2) is 5.01 Å². The molecule has 1 aliphatic carbocycles. The highest BCUT2D eigenvalue weighted by atomic mass is 35.5. The summed E-state index contributed by atoms with van der Waals surface area (Å²) >= 11 is 7.91. The zero-order chi connectivity index (χ0) is 9.26. The Bertz CT molecular complexity index is 163. The number of rotatable bonds is 1. The SMILES string of the molecule is CN1NSC(Cl)C1C1CCCCC1. The van der Waals surface area contributed by atoms with Crippen molar-refractivity contribution in [3.63, 3.8) is 0 Å². The second kappa shape index (κ2) is 4.39. The third kappa shape index (κ3) is 2.14. The van der Waals surface area contributed by atoms with E-state index >= 15 is 0 Å². The van der Waals surface area contributed by atoms with Gasteiger partial charge in [0, 0.05) is 7.05 Å². The highest BCUT2D eigenvalue weighted by Gasteiger charge is 2.37. The van der Waals surface area contributed by atoms with Gasteiger partial charge in [-0.2, -0.15) is 4.83 Å². The second-order valence-electron chi connectivity index (χ2n) is 4.06. The van der Waals surface area contributed by atoms with Gasteiger partial charge >= 0.3 is 0 Å². The van der Waals surface area contributed by atoms with E-state index in [1.54, 1.807) is 11.9 Å². The molecule has 0 aromatic rings. The fourth-order valence-electron chi connectivity index (χ4n) is 2.45. The van der Waals surface area contributed by atoms with Crippen LogP contribution < -0.4 is 4.83 Å². The van der Waals surface area contributed by atoms with Crippen LogP contribution in [0.3, 0.4) is 0 Å². The maximum absolute atomic E-state index is 6.27. The molecule has 0 spiro atoms. The molecule has 2 aliphatic rings. The summed E-state index contributed by atoms with van der Waals surface area (Å²) in [5.41, 5.74) is 0. The van der Waals surface area contributed by atoms with Crippen molar-refractivity contribution in [1.29, 1.82) is 0 Å². The highest BCUT2D eigenvalue weighted by molar-refractivity contribution is 7.99. The van der Waals surface area contributed by atoms with E-state index in [0.717, 1.165) is 5.92 Å². The smallest absolute Gasteiger partial charge is 0.112 e. The van der Waals surface area contributed by atoms with Crippen LogP contribution in [0.2, 0.25) is 0 Å². The molecule has 13 heavy (non-hydrogen) atoms. The number of halogens is 1. The molecule has 1 saturated carbocycles. The van der Waals surface area contributed by atoms with Gasteiger partial charge in [-0.15, -0.1) is 11.6 Å². The molecule has 2 nitrogen and oxygen atoms in total. The Kier molecular flexibility index (Phi) is 3.41. The molecular weight excluding hydrogens is 204 g/mol. The molecule has 1 aliphatic heterocycles. The second-order valence-corrected chi connectivity index (χ2v) is 5.71. The Morgan fingerprint density at radius 3 is 2.54 bits per heavy atom. The number of alkyl halides is 1. The standard InChI is InChI=1S/C9H17ClN2S/c1-12-8(9(10)13-11-12)7-5-3-2-4-6-7/h7-9,11H,2-6H2,1H3. The molecule has 2 rings (SSSR count). The van der Waals surface area contributed by atoms with Gasteiger partial charge in [-0.1, -0.05) is 19.3 Å². The number of hydrogen-bond donors (Lipinski definition) is 1. The van der Waals surface area contributed by atoms with Gasteiger partial charge < -0.3 is 0 Å². The van der Waals surface area contributed by atoms with Gasteiger partial charge in [-0.3, -0.25) is 0 Å². The normalized spacial score (nSPS) is 38.3. The first-order chi connectivity index (χ1) is 6.29. The van der Waals surface area contributed by atoms with E-state index in [1.807, 2.05) is 0 Å². The molecule has 2 atom stereocenters. The summed E-state index contributed by atoms with van der Waals surface area (Å²) in [7, 11) is 2.11. The Morgan fingerprint density at radius 2 is 2.00 bits per heavy atom. The maximum Gasteiger partial charge on any atom is 0.112 e. The van der Waals surface area contributed by atoms with E-state index in [-0.39, 0.29) is 4.71 Å². The Balaban J connectivity index is 1.96. The third-order valence-corrected chi connectivity index (χ3v) is 4.58.